The summed E-state index contributed by atoms with van der Waals surface area (Å²) in [7, 11) is 0. The van der Waals surface area contributed by atoms with Gasteiger partial charge < -0.3 is 5.32 Å². The van der Waals surface area contributed by atoms with Crippen LogP contribution in [0.5, 0.6) is 0 Å². The number of pyridine rings is 1. The van der Waals surface area contributed by atoms with Crippen molar-refractivity contribution in [1.29, 1.82) is 0 Å². The van der Waals surface area contributed by atoms with E-state index in [0.29, 0.717) is 24.5 Å². The van der Waals surface area contributed by atoms with Gasteiger partial charge in [0.1, 0.15) is 0 Å². The van der Waals surface area contributed by atoms with E-state index in [1.54, 1.807) is 12.3 Å². The van der Waals surface area contributed by atoms with Crippen molar-refractivity contribution in [2.75, 3.05) is 11.9 Å². The third-order valence-corrected chi connectivity index (χ3v) is 2.74. The zero-order valence-electron chi connectivity index (χ0n) is 9.11. The van der Waals surface area contributed by atoms with E-state index in [1.807, 2.05) is 12.1 Å². The molecule has 2 heterocycles. The largest absolute Gasteiger partial charge is 0.452 e. The third kappa shape index (κ3) is 3.39. The highest BCUT2D eigenvalue weighted by atomic mass is 32.1. The van der Waals surface area contributed by atoms with Gasteiger partial charge >= 0.3 is 6.18 Å². The molecule has 0 saturated heterocycles. The van der Waals surface area contributed by atoms with Gasteiger partial charge in [-0.05, 0) is 12.1 Å². The quantitative estimate of drug-likeness (QED) is 0.931. The molecule has 8 heteroatoms. The van der Waals surface area contributed by atoms with Crippen molar-refractivity contribution in [3.05, 3.63) is 35.9 Å². The summed E-state index contributed by atoms with van der Waals surface area (Å²) in [6.45, 7) is 0.462. The molecule has 0 fully saturated rings. The fraction of sp³-hybridized carbons (Fsp3) is 0.300. The summed E-state index contributed by atoms with van der Waals surface area (Å²) in [6.07, 6.45) is -2.21. The summed E-state index contributed by atoms with van der Waals surface area (Å²) in [6, 6.07) is 5.51. The van der Waals surface area contributed by atoms with Crippen LogP contribution in [0, 0.1) is 0 Å². The van der Waals surface area contributed by atoms with E-state index in [0.717, 1.165) is 5.69 Å². The Morgan fingerprint density at radius 2 is 2.11 bits per heavy atom. The van der Waals surface area contributed by atoms with Gasteiger partial charge in [0.2, 0.25) is 11.0 Å². The molecular formula is C10H9F3N4S. The van der Waals surface area contributed by atoms with Crippen LogP contribution in [0.4, 0.5) is 18.3 Å². The second kappa shape index (κ2) is 5.30. The summed E-state index contributed by atoms with van der Waals surface area (Å²) < 4.78 is 39.9. The van der Waals surface area contributed by atoms with Crippen molar-refractivity contribution in [3.8, 4) is 0 Å². The van der Waals surface area contributed by atoms with E-state index < -0.39 is 12.0 Å². The highest BCUT2D eigenvalue weighted by molar-refractivity contribution is 7.09. The molecule has 2 aromatic rings. The summed E-state index contributed by atoms with van der Waals surface area (Å²) >= 11 is 0.699. The van der Waals surface area contributed by atoms with Crippen LogP contribution >= 0.6 is 11.5 Å². The number of nitrogens with zero attached hydrogens (tertiary/aromatic N) is 3. The highest BCUT2D eigenvalue weighted by Gasteiger charge is 2.36. The first-order chi connectivity index (χ1) is 8.55. The molecule has 2 aromatic heterocycles. The molecule has 0 aliphatic heterocycles. The molecule has 4 nitrogen and oxygen atoms in total. The number of halogens is 3. The second-order valence-corrected chi connectivity index (χ2v) is 4.17. The predicted octanol–water partition coefficient (Wildman–Crippen LogP) is 2.61. The molecule has 0 aliphatic rings. The fourth-order valence-corrected chi connectivity index (χ4v) is 1.87. The van der Waals surface area contributed by atoms with Crippen LogP contribution in [0.25, 0.3) is 0 Å². The average molecular weight is 274 g/mol. The Morgan fingerprint density at radius 1 is 1.28 bits per heavy atom. The van der Waals surface area contributed by atoms with Crippen molar-refractivity contribution in [3.63, 3.8) is 0 Å². The number of anilines is 1. The van der Waals surface area contributed by atoms with Crippen molar-refractivity contribution in [2.45, 2.75) is 12.6 Å². The van der Waals surface area contributed by atoms with E-state index in [1.165, 1.54) is 0 Å². The standard InChI is InChI=1S/C10H9F3N4S/c11-10(12,13)8-16-9(18-17-8)15-6-4-7-3-1-2-5-14-7/h1-3,5H,4,6H2,(H,15,16,17). The molecule has 2 rings (SSSR count). The van der Waals surface area contributed by atoms with Crippen LogP contribution < -0.4 is 5.32 Å². The molecule has 0 atom stereocenters. The first-order valence-corrected chi connectivity index (χ1v) is 5.88. The first kappa shape index (κ1) is 12.7. The minimum atomic E-state index is -4.49. The molecule has 0 unspecified atom stereocenters. The average Bonchev–Trinajstić information content (AvgIpc) is 2.79. The number of aromatic nitrogens is 3. The van der Waals surface area contributed by atoms with Crippen molar-refractivity contribution in [2.24, 2.45) is 0 Å². The van der Waals surface area contributed by atoms with Crippen LogP contribution in [0.2, 0.25) is 0 Å². The van der Waals surface area contributed by atoms with Crippen LogP contribution in [0.1, 0.15) is 11.5 Å². The monoisotopic (exact) mass is 274 g/mol. The lowest BCUT2D eigenvalue weighted by atomic mass is 10.3. The molecule has 1 N–H and O–H groups in total. The van der Waals surface area contributed by atoms with Gasteiger partial charge in [0, 0.05) is 36.4 Å². The fourth-order valence-electron chi connectivity index (χ4n) is 1.25. The minimum absolute atomic E-state index is 0.165. The zero-order chi connectivity index (χ0) is 13.0. The van der Waals surface area contributed by atoms with Gasteiger partial charge in [-0.25, -0.2) is 0 Å². The smallest absolute Gasteiger partial charge is 0.360 e. The van der Waals surface area contributed by atoms with E-state index in [9.17, 15) is 13.2 Å². The molecule has 0 spiro atoms. The maximum absolute atomic E-state index is 12.2. The Kier molecular flexibility index (Phi) is 3.75. The number of alkyl halides is 3. The van der Waals surface area contributed by atoms with Gasteiger partial charge in [-0.2, -0.15) is 22.5 Å². The molecule has 0 aliphatic carbocycles. The summed E-state index contributed by atoms with van der Waals surface area (Å²) in [4.78, 5) is 7.47. The van der Waals surface area contributed by atoms with Gasteiger partial charge in [0.15, 0.2) is 0 Å². The molecule has 0 aromatic carbocycles. The maximum atomic E-state index is 12.2. The molecule has 18 heavy (non-hydrogen) atoms. The number of hydrogen-bond donors (Lipinski definition) is 1. The van der Waals surface area contributed by atoms with Gasteiger partial charge in [-0.15, -0.1) is 0 Å². The van der Waals surface area contributed by atoms with E-state index in [4.69, 9.17) is 0 Å². The van der Waals surface area contributed by atoms with Crippen molar-refractivity contribution in [1.82, 2.24) is 14.3 Å². The minimum Gasteiger partial charge on any atom is -0.360 e. The Hall–Kier alpha value is -1.70. The number of nitrogens with one attached hydrogen (secondary N) is 1. The van der Waals surface area contributed by atoms with E-state index in [2.05, 4.69) is 19.7 Å². The van der Waals surface area contributed by atoms with Gasteiger partial charge in [-0.3, -0.25) is 4.98 Å². The van der Waals surface area contributed by atoms with Gasteiger partial charge in [0.25, 0.3) is 0 Å². The first-order valence-electron chi connectivity index (χ1n) is 5.10. The Bertz CT molecular complexity index is 497. The predicted molar refractivity (Wildman–Crippen MR) is 61.3 cm³/mol. The Morgan fingerprint density at radius 3 is 2.72 bits per heavy atom. The van der Waals surface area contributed by atoms with E-state index >= 15 is 0 Å². The van der Waals surface area contributed by atoms with Crippen molar-refractivity contribution < 1.29 is 13.2 Å². The zero-order valence-corrected chi connectivity index (χ0v) is 9.92. The Balaban J connectivity index is 1.86. The molecule has 96 valence electrons. The summed E-state index contributed by atoms with van der Waals surface area (Å²) in [5, 5.41) is 2.96. The number of rotatable bonds is 4. The summed E-state index contributed by atoms with van der Waals surface area (Å²) in [5.41, 5.74) is 0.866. The van der Waals surface area contributed by atoms with E-state index in [-0.39, 0.29) is 5.13 Å². The number of hydrogen-bond acceptors (Lipinski definition) is 5. The SMILES string of the molecule is FC(F)(F)c1nsc(NCCc2ccccn2)n1. The topological polar surface area (TPSA) is 50.7 Å². The Labute approximate surface area is 105 Å². The van der Waals surface area contributed by atoms with Gasteiger partial charge in [0.05, 0.1) is 0 Å². The third-order valence-electron chi connectivity index (χ3n) is 2.06. The lowest BCUT2D eigenvalue weighted by molar-refractivity contribution is -0.144. The maximum Gasteiger partial charge on any atom is 0.452 e. The molecule has 0 saturated carbocycles. The van der Waals surface area contributed by atoms with Crippen LogP contribution in [-0.2, 0) is 12.6 Å². The van der Waals surface area contributed by atoms with Crippen LogP contribution in [-0.4, -0.2) is 20.9 Å². The van der Waals surface area contributed by atoms with Gasteiger partial charge in [-0.1, -0.05) is 6.07 Å². The lowest BCUT2D eigenvalue weighted by Gasteiger charge is -2.01. The van der Waals surface area contributed by atoms with Crippen LogP contribution in [0.15, 0.2) is 24.4 Å². The normalized spacial score (nSPS) is 11.5. The second-order valence-electron chi connectivity index (χ2n) is 3.42. The van der Waals surface area contributed by atoms with Crippen LogP contribution in [0.3, 0.4) is 0 Å². The molecular weight excluding hydrogens is 265 g/mol. The van der Waals surface area contributed by atoms with Crippen molar-refractivity contribution >= 4 is 16.7 Å². The highest BCUT2D eigenvalue weighted by Crippen LogP contribution is 2.28. The molecule has 0 radical (unpaired) electrons. The lowest BCUT2D eigenvalue weighted by Crippen LogP contribution is -2.09. The molecule has 0 bridgehead atoms. The summed E-state index contributed by atoms with van der Waals surface area (Å²) in [5.74, 6) is -1.10. The molecule has 0 amide bonds.